The summed E-state index contributed by atoms with van der Waals surface area (Å²) in [5.41, 5.74) is 4.42. The molecular formula is C38H32ClN3O4S. The summed E-state index contributed by atoms with van der Waals surface area (Å²) in [4.78, 5) is 40.4. The number of amides is 3. The number of carbonyl (C=O) groups excluding carboxylic acids is 3. The van der Waals surface area contributed by atoms with Gasteiger partial charge in [0.15, 0.2) is 0 Å². The predicted octanol–water partition coefficient (Wildman–Crippen LogP) is 8.54. The van der Waals surface area contributed by atoms with Crippen LogP contribution in [0.25, 0.3) is 17.2 Å². The summed E-state index contributed by atoms with van der Waals surface area (Å²) in [6, 6.07) is 38.6. The number of hydrogen-bond donors (Lipinski definition) is 3. The average molecular weight is 662 g/mol. The highest BCUT2D eigenvalue weighted by atomic mass is 35.5. The maximum absolute atomic E-state index is 13.6. The van der Waals surface area contributed by atoms with Crippen molar-refractivity contribution in [2.75, 3.05) is 17.7 Å². The molecule has 0 saturated heterocycles. The zero-order valence-electron chi connectivity index (χ0n) is 25.7. The highest BCUT2D eigenvalue weighted by molar-refractivity contribution is 8.00. The van der Waals surface area contributed by atoms with E-state index < -0.39 is 17.1 Å². The van der Waals surface area contributed by atoms with Gasteiger partial charge >= 0.3 is 0 Å². The number of anilines is 2. The van der Waals surface area contributed by atoms with Gasteiger partial charge in [-0.15, -0.1) is 11.8 Å². The molecule has 5 aromatic carbocycles. The maximum Gasteiger partial charge on any atom is 0.272 e. The molecule has 0 saturated carbocycles. The van der Waals surface area contributed by atoms with E-state index >= 15 is 0 Å². The highest BCUT2D eigenvalue weighted by Crippen LogP contribution is 2.30. The molecule has 3 amide bonds. The molecule has 1 atom stereocenters. The van der Waals surface area contributed by atoms with E-state index in [-0.39, 0.29) is 11.6 Å². The number of hydrogen-bond acceptors (Lipinski definition) is 5. The molecule has 0 bridgehead atoms. The summed E-state index contributed by atoms with van der Waals surface area (Å²) >= 11 is 7.53. The quantitative estimate of drug-likeness (QED) is 0.0974. The minimum atomic E-state index is -0.495. The van der Waals surface area contributed by atoms with Crippen LogP contribution < -0.4 is 20.7 Å². The summed E-state index contributed by atoms with van der Waals surface area (Å²) < 4.78 is 5.17. The van der Waals surface area contributed by atoms with Gasteiger partial charge in [-0.2, -0.15) is 0 Å². The topological polar surface area (TPSA) is 96.5 Å². The van der Waals surface area contributed by atoms with Crippen molar-refractivity contribution in [3.63, 3.8) is 0 Å². The van der Waals surface area contributed by atoms with E-state index in [1.54, 1.807) is 73.7 Å². The molecule has 0 aliphatic rings. The van der Waals surface area contributed by atoms with Gasteiger partial charge < -0.3 is 20.7 Å². The van der Waals surface area contributed by atoms with Crippen LogP contribution in [0.3, 0.4) is 0 Å². The predicted molar refractivity (Wildman–Crippen MR) is 191 cm³/mol. The summed E-state index contributed by atoms with van der Waals surface area (Å²) in [5, 5.41) is 8.48. The molecule has 0 aliphatic carbocycles. The Morgan fingerprint density at radius 2 is 1.40 bits per heavy atom. The molecular weight excluding hydrogens is 630 g/mol. The molecule has 7 nitrogen and oxygen atoms in total. The first kappa shape index (κ1) is 33.1. The third-order valence-electron chi connectivity index (χ3n) is 7.05. The van der Waals surface area contributed by atoms with Crippen LogP contribution in [0.4, 0.5) is 11.4 Å². The molecule has 5 aromatic rings. The summed E-state index contributed by atoms with van der Waals surface area (Å²) in [6.45, 7) is 1.79. The number of nitrogens with one attached hydrogen (secondary N) is 3. The Labute approximate surface area is 283 Å². The minimum Gasteiger partial charge on any atom is -0.495 e. The Hall–Kier alpha value is -5.31. The van der Waals surface area contributed by atoms with Crippen LogP contribution in [0, 0.1) is 0 Å². The monoisotopic (exact) mass is 661 g/mol. The molecule has 0 aliphatic heterocycles. The second-order valence-corrected chi connectivity index (χ2v) is 12.3. The highest BCUT2D eigenvalue weighted by Gasteiger charge is 2.18. The second-order valence-electron chi connectivity index (χ2n) is 10.4. The molecule has 1 unspecified atom stereocenters. The van der Waals surface area contributed by atoms with E-state index in [1.165, 1.54) is 18.9 Å². The van der Waals surface area contributed by atoms with Crippen molar-refractivity contribution >= 4 is 58.5 Å². The lowest BCUT2D eigenvalue weighted by Crippen LogP contribution is -2.30. The summed E-state index contributed by atoms with van der Waals surface area (Å²) in [5.74, 6) is -0.594. The molecule has 0 heterocycles. The zero-order chi connectivity index (χ0) is 33.2. The SMILES string of the molecule is COc1ccc(NC(=O)C(C)Sc2cccc(NC(=O)/C(=C\c3ccc(-c4ccccc4)cc3)NC(=O)c3ccccc3)c2)cc1Cl. The summed E-state index contributed by atoms with van der Waals surface area (Å²) in [7, 11) is 1.53. The molecule has 5 rings (SSSR count). The van der Waals surface area contributed by atoms with Gasteiger partial charge in [0.1, 0.15) is 11.4 Å². The van der Waals surface area contributed by atoms with Crippen molar-refractivity contribution in [3.05, 3.63) is 149 Å². The molecule has 47 heavy (non-hydrogen) atoms. The first-order valence-corrected chi connectivity index (χ1v) is 16.0. The molecule has 0 spiro atoms. The third-order valence-corrected chi connectivity index (χ3v) is 8.44. The van der Waals surface area contributed by atoms with Gasteiger partial charge in [-0.25, -0.2) is 0 Å². The van der Waals surface area contributed by atoms with Crippen LogP contribution in [0.1, 0.15) is 22.8 Å². The number of rotatable bonds is 11. The lowest BCUT2D eigenvalue weighted by molar-refractivity contribution is -0.115. The molecule has 3 N–H and O–H groups in total. The average Bonchev–Trinajstić information content (AvgIpc) is 3.09. The maximum atomic E-state index is 13.6. The van der Waals surface area contributed by atoms with E-state index in [9.17, 15) is 14.4 Å². The van der Waals surface area contributed by atoms with E-state index in [1.807, 2.05) is 66.7 Å². The van der Waals surface area contributed by atoms with Gasteiger partial charge in [-0.3, -0.25) is 14.4 Å². The summed E-state index contributed by atoms with van der Waals surface area (Å²) in [6.07, 6.45) is 1.64. The van der Waals surface area contributed by atoms with Crippen molar-refractivity contribution in [1.29, 1.82) is 0 Å². The van der Waals surface area contributed by atoms with E-state index in [2.05, 4.69) is 16.0 Å². The fraction of sp³-hybridized carbons (Fsp3) is 0.0789. The Bertz CT molecular complexity index is 1900. The van der Waals surface area contributed by atoms with Crippen LogP contribution >= 0.6 is 23.4 Å². The third kappa shape index (κ3) is 9.13. The first-order chi connectivity index (χ1) is 22.8. The van der Waals surface area contributed by atoms with Crippen LogP contribution in [-0.4, -0.2) is 30.1 Å². The second kappa shape index (κ2) is 15.8. The number of halogens is 1. The number of ether oxygens (including phenoxy) is 1. The van der Waals surface area contributed by atoms with Crippen LogP contribution in [-0.2, 0) is 9.59 Å². The molecule has 236 valence electrons. The van der Waals surface area contributed by atoms with Crippen molar-refractivity contribution in [2.24, 2.45) is 0 Å². The fourth-order valence-electron chi connectivity index (χ4n) is 4.60. The van der Waals surface area contributed by atoms with Gasteiger partial charge in [-0.1, -0.05) is 90.5 Å². The largest absolute Gasteiger partial charge is 0.495 e. The Morgan fingerprint density at radius 3 is 2.09 bits per heavy atom. The molecule has 0 fully saturated rings. The van der Waals surface area contributed by atoms with Gasteiger partial charge in [0, 0.05) is 21.8 Å². The van der Waals surface area contributed by atoms with E-state index in [4.69, 9.17) is 16.3 Å². The number of carbonyl (C=O) groups is 3. The van der Waals surface area contributed by atoms with Crippen LogP contribution in [0.15, 0.2) is 138 Å². The van der Waals surface area contributed by atoms with Gasteiger partial charge in [0.05, 0.1) is 17.4 Å². The lowest BCUT2D eigenvalue weighted by Gasteiger charge is -2.14. The molecule has 0 radical (unpaired) electrons. The molecule has 9 heteroatoms. The van der Waals surface area contributed by atoms with E-state index in [0.717, 1.165) is 21.6 Å². The standard InChI is InChI=1S/C38H32ClN3O4S/c1-25(36(43)40-31-20-21-35(46-2)33(39)24-31)47-32-15-9-14-30(23-32)41-38(45)34(42-37(44)29-12-7-4-8-13-29)22-26-16-18-28(19-17-26)27-10-5-3-6-11-27/h3-25H,1-2H3,(H,40,43)(H,41,45)(H,42,44)/b34-22+. The van der Waals surface area contributed by atoms with E-state index in [0.29, 0.717) is 27.7 Å². The fourth-order valence-corrected chi connectivity index (χ4v) is 5.79. The van der Waals surface area contributed by atoms with Crippen molar-refractivity contribution in [3.8, 4) is 16.9 Å². The smallest absolute Gasteiger partial charge is 0.272 e. The Balaban J connectivity index is 1.30. The normalized spacial score (nSPS) is 11.7. The first-order valence-electron chi connectivity index (χ1n) is 14.7. The Kier molecular flexibility index (Phi) is 11.1. The van der Waals surface area contributed by atoms with Crippen molar-refractivity contribution in [1.82, 2.24) is 5.32 Å². The van der Waals surface area contributed by atoms with Gasteiger partial charge in [0.2, 0.25) is 5.91 Å². The minimum absolute atomic E-state index is 0.0790. The van der Waals surface area contributed by atoms with Crippen LogP contribution in [0.2, 0.25) is 5.02 Å². The number of methoxy groups -OCH3 is 1. The van der Waals surface area contributed by atoms with Crippen LogP contribution in [0.5, 0.6) is 5.75 Å². The number of thioether (sulfide) groups is 1. The molecule has 0 aromatic heterocycles. The van der Waals surface area contributed by atoms with Gasteiger partial charge in [-0.05, 0) is 78.2 Å². The zero-order valence-corrected chi connectivity index (χ0v) is 27.3. The van der Waals surface area contributed by atoms with Gasteiger partial charge in [0.25, 0.3) is 11.8 Å². The Morgan fingerprint density at radius 1 is 0.745 bits per heavy atom. The number of benzene rings is 5. The van der Waals surface area contributed by atoms with Crippen molar-refractivity contribution in [2.45, 2.75) is 17.1 Å². The van der Waals surface area contributed by atoms with Crippen molar-refractivity contribution < 1.29 is 19.1 Å². The lowest BCUT2D eigenvalue weighted by atomic mass is 10.0.